The normalized spacial score (nSPS) is 11.9. The molecule has 2 aromatic rings. The van der Waals surface area contributed by atoms with Crippen molar-refractivity contribution in [3.8, 4) is 5.75 Å². The largest absolute Gasteiger partial charge is 0.494 e. The molecule has 0 radical (unpaired) electrons. The van der Waals surface area contributed by atoms with Crippen molar-refractivity contribution in [3.05, 3.63) is 54.2 Å². The van der Waals surface area contributed by atoms with Crippen LogP contribution in [0.5, 0.6) is 5.75 Å². The lowest BCUT2D eigenvalue weighted by molar-refractivity contribution is -0.142. The van der Waals surface area contributed by atoms with Crippen molar-refractivity contribution in [2.24, 2.45) is 0 Å². The Kier molecular flexibility index (Phi) is 11.3. The Bertz CT molecular complexity index is 979. The number of hydrogen-bond donors (Lipinski definition) is 2. The highest BCUT2D eigenvalue weighted by atomic mass is 16.5. The van der Waals surface area contributed by atoms with Gasteiger partial charge in [-0.3, -0.25) is 14.4 Å². The van der Waals surface area contributed by atoms with E-state index in [1.165, 1.54) is 12.0 Å². The summed E-state index contributed by atoms with van der Waals surface area (Å²) in [4.78, 5) is 44.9. The van der Waals surface area contributed by atoms with Gasteiger partial charge in [-0.05, 0) is 57.0 Å². The van der Waals surface area contributed by atoms with E-state index >= 15 is 0 Å². The van der Waals surface area contributed by atoms with Gasteiger partial charge in [0, 0.05) is 38.2 Å². The van der Waals surface area contributed by atoms with E-state index in [0.29, 0.717) is 30.2 Å². The number of nitrogens with one attached hydrogen (secondary N) is 2. The van der Waals surface area contributed by atoms with Crippen LogP contribution in [0.15, 0.2) is 48.7 Å². The third kappa shape index (κ3) is 8.96. The SMILES string of the molecule is CCOc1ccc([C@@H](C(=O)NC(C)(C)CC)N(CCOC)C(=O)CCC(=O)Nc2ccccn2)cc1. The molecule has 0 saturated carbocycles. The van der Waals surface area contributed by atoms with Gasteiger partial charge in [0.05, 0.1) is 13.2 Å². The van der Waals surface area contributed by atoms with Crippen molar-refractivity contribution in [1.29, 1.82) is 0 Å². The Balaban J connectivity index is 2.28. The summed E-state index contributed by atoms with van der Waals surface area (Å²) >= 11 is 0. The lowest BCUT2D eigenvalue weighted by Gasteiger charge is -2.34. The average molecular weight is 499 g/mol. The van der Waals surface area contributed by atoms with E-state index in [2.05, 4.69) is 15.6 Å². The highest BCUT2D eigenvalue weighted by molar-refractivity contribution is 5.94. The second-order valence-electron chi connectivity index (χ2n) is 8.97. The maximum Gasteiger partial charge on any atom is 0.247 e. The third-order valence-electron chi connectivity index (χ3n) is 5.77. The van der Waals surface area contributed by atoms with Crippen molar-refractivity contribution < 1.29 is 23.9 Å². The lowest BCUT2D eigenvalue weighted by atomic mass is 9.98. The topological polar surface area (TPSA) is 110 Å². The van der Waals surface area contributed by atoms with Gasteiger partial charge in [0.15, 0.2) is 0 Å². The molecule has 1 aromatic heterocycles. The summed E-state index contributed by atoms with van der Waals surface area (Å²) in [7, 11) is 1.54. The fraction of sp³-hybridized carbons (Fsp3) is 0.481. The molecular weight excluding hydrogens is 460 g/mol. The first-order chi connectivity index (χ1) is 17.2. The van der Waals surface area contributed by atoms with Gasteiger partial charge in [0.2, 0.25) is 17.7 Å². The fourth-order valence-corrected chi connectivity index (χ4v) is 3.47. The number of benzene rings is 1. The van der Waals surface area contributed by atoms with E-state index in [-0.39, 0.29) is 43.7 Å². The molecule has 2 N–H and O–H groups in total. The molecule has 9 nitrogen and oxygen atoms in total. The van der Waals surface area contributed by atoms with E-state index < -0.39 is 11.6 Å². The zero-order valence-corrected chi connectivity index (χ0v) is 21.9. The van der Waals surface area contributed by atoms with Gasteiger partial charge in [-0.25, -0.2) is 4.98 Å². The highest BCUT2D eigenvalue weighted by Crippen LogP contribution is 2.26. The third-order valence-corrected chi connectivity index (χ3v) is 5.77. The number of amides is 3. The summed E-state index contributed by atoms with van der Waals surface area (Å²) in [5, 5.41) is 5.74. The zero-order valence-electron chi connectivity index (χ0n) is 21.9. The number of hydrogen-bond acceptors (Lipinski definition) is 6. The predicted molar refractivity (Wildman–Crippen MR) is 139 cm³/mol. The van der Waals surface area contributed by atoms with E-state index in [0.717, 1.165) is 0 Å². The highest BCUT2D eigenvalue weighted by Gasteiger charge is 2.33. The van der Waals surface area contributed by atoms with E-state index in [9.17, 15) is 14.4 Å². The summed E-state index contributed by atoms with van der Waals surface area (Å²) in [5.41, 5.74) is 0.185. The number of ether oxygens (including phenoxy) is 2. The monoisotopic (exact) mass is 498 g/mol. The number of methoxy groups -OCH3 is 1. The lowest BCUT2D eigenvalue weighted by Crippen LogP contribution is -2.51. The molecule has 1 atom stereocenters. The van der Waals surface area contributed by atoms with Crippen LogP contribution in [-0.4, -0.2) is 60.0 Å². The van der Waals surface area contributed by atoms with Crippen LogP contribution >= 0.6 is 0 Å². The van der Waals surface area contributed by atoms with Gasteiger partial charge in [0.25, 0.3) is 0 Å². The van der Waals surface area contributed by atoms with Gasteiger partial charge in [-0.2, -0.15) is 0 Å². The van der Waals surface area contributed by atoms with Gasteiger partial charge in [0.1, 0.15) is 17.6 Å². The summed E-state index contributed by atoms with van der Waals surface area (Å²) in [6, 6.07) is 11.4. The predicted octanol–water partition coefficient (Wildman–Crippen LogP) is 3.72. The Labute approximate surface area is 213 Å². The maximum atomic E-state index is 13.6. The molecule has 0 unspecified atom stereocenters. The van der Waals surface area contributed by atoms with Crippen molar-refractivity contribution in [1.82, 2.24) is 15.2 Å². The van der Waals surface area contributed by atoms with Crippen molar-refractivity contribution in [3.63, 3.8) is 0 Å². The standard InChI is InChI=1S/C27H38N4O5/c1-6-27(3,4)30-26(34)25(20-11-13-21(14-12-20)36-7-2)31(18-19-35-5)24(33)16-15-23(32)29-22-10-8-9-17-28-22/h8-14,17,25H,6-7,15-16,18-19H2,1-5H3,(H,30,34)(H,28,29,32)/t25-/m0/s1. The quantitative estimate of drug-likeness (QED) is 0.411. The van der Waals surface area contributed by atoms with Crippen molar-refractivity contribution >= 4 is 23.5 Å². The molecule has 9 heteroatoms. The molecule has 2 rings (SSSR count). The smallest absolute Gasteiger partial charge is 0.247 e. The summed E-state index contributed by atoms with van der Waals surface area (Å²) < 4.78 is 10.8. The van der Waals surface area contributed by atoms with Crippen LogP contribution in [0.2, 0.25) is 0 Å². The minimum Gasteiger partial charge on any atom is -0.494 e. The van der Waals surface area contributed by atoms with Crippen LogP contribution in [0.4, 0.5) is 5.82 Å². The van der Waals surface area contributed by atoms with Crippen molar-refractivity contribution in [2.45, 2.75) is 58.5 Å². The Hall–Kier alpha value is -3.46. The van der Waals surface area contributed by atoms with Gasteiger partial charge in [-0.1, -0.05) is 25.1 Å². The molecule has 36 heavy (non-hydrogen) atoms. The second kappa shape index (κ2) is 14.2. The number of carbonyl (C=O) groups excluding carboxylic acids is 3. The molecule has 0 aliphatic carbocycles. The summed E-state index contributed by atoms with van der Waals surface area (Å²) in [6.07, 6.45) is 2.18. The zero-order chi connectivity index (χ0) is 26.6. The van der Waals surface area contributed by atoms with E-state index in [1.807, 2.05) is 27.7 Å². The van der Waals surface area contributed by atoms with E-state index in [4.69, 9.17) is 9.47 Å². The molecule has 1 heterocycles. The molecule has 0 aliphatic heterocycles. The average Bonchev–Trinajstić information content (AvgIpc) is 2.86. The summed E-state index contributed by atoms with van der Waals surface area (Å²) in [6.45, 7) is 8.70. The minimum absolute atomic E-state index is 0.0447. The number of anilines is 1. The van der Waals surface area contributed by atoms with Crippen LogP contribution in [0, 0.1) is 0 Å². The molecule has 0 bridgehead atoms. The Morgan fingerprint density at radius 2 is 1.78 bits per heavy atom. The Morgan fingerprint density at radius 1 is 1.06 bits per heavy atom. The van der Waals surface area contributed by atoms with Crippen LogP contribution in [0.3, 0.4) is 0 Å². The van der Waals surface area contributed by atoms with Crippen molar-refractivity contribution in [2.75, 3.05) is 32.2 Å². The van der Waals surface area contributed by atoms with Crippen LogP contribution < -0.4 is 15.4 Å². The minimum atomic E-state index is -0.895. The number of nitrogens with zero attached hydrogens (tertiary/aromatic N) is 2. The number of aromatic nitrogens is 1. The number of rotatable bonds is 14. The Morgan fingerprint density at radius 3 is 2.36 bits per heavy atom. The molecule has 0 saturated heterocycles. The number of carbonyl (C=O) groups is 3. The molecule has 3 amide bonds. The van der Waals surface area contributed by atoms with Crippen LogP contribution in [0.1, 0.15) is 58.6 Å². The van der Waals surface area contributed by atoms with Gasteiger partial charge >= 0.3 is 0 Å². The first-order valence-electron chi connectivity index (χ1n) is 12.2. The number of pyridine rings is 1. The molecule has 1 aromatic carbocycles. The molecule has 0 aliphatic rings. The first kappa shape index (κ1) is 28.8. The van der Waals surface area contributed by atoms with Crippen LogP contribution in [0.25, 0.3) is 0 Å². The first-order valence-corrected chi connectivity index (χ1v) is 12.2. The maximum absolute atomic E-state index is 13.6. The van der Waals surface area contributed by atoms with Gasteiger partial charge < -0.3 is 25.0 Å². The van der Waals surface area contributed by atoms with E-state index in [1.54, 1.807) is 48.7 Å². The second-order valence-corrected chi connectivity index (χ2v) is 8.97. The van der Waals surface area contributed by atoms with Gasteiger partial charge in [-0.15, -0.1) is 0 Å². The molecular formula is C27H38N4O5. The molecule has 196 valence electrons. The molecule has 0 spiro atoms. The molecule has 0 fully saturated rings. The summed E-state index contributed by atoms with van der Waals surface area (Å²) in [5.74, 6) is 0.137. The van der Waals surface area contributed by atoms with Crippen LogP contribution in [-0.2, 0) is 19.1 Å². The fourth-order valence-electron chi connectivity index (χ4n) is 3.47.